The first-order chi connectivity index (χ1) is 4.42. The van der Waals surface area contributed by atoms with Crippen molar-refractivity contribution in [3.8, 4) is 0 Å². The van der Waals surface area contributed by atoms with Gasteiger partial charge in [-0.3, -0.25) is 0 Å². The van der Waals surface area contributed by atoms with Crippen LogP contribution in [0, 0.1) is 0 Å². The molecule has 0 fully saturated rings. The van der Waals surface area contributed by atoms with Gasteiger partial charge in [0.1, 0.15) is 0 Å². The molecular formula is C6H13AsO2S. The second-order valence-corrected chi connectivity index (χ2v) is 15.5. The summed E-state index contributed by atoms with van der Waals surface area (Å²) in [6.45, 7) is 0. The van der Waals surface area contributed by atoms with Gasteiger partial charge < -0.3 is 0 Å². The fourth-order valence-electron chi connectivity index (χ4n) is 0.611. The van der Waals surface area contributed by atoms with Crippen molar-refractivity contribution in [3.05, 3.63) is 0 Å². The quantitative estimate of drug-likeness (QED) is 0.744. The summed E-state index contributed by atoms with van der Waals surface area (Å²) in [5.74, 6) is -0.709. The van der Waals surface area contributed by atoms with E-state index in [0.29, 0.717) is 0 Å². The minimum atomic E-state index is -1.70. The van der Waals surface area contributed by atoms with Gasteiger partial charge in [0, 0.05) is 0 Å². The van der Waals surface area contributed by atoms with E-state index in [2.05, 4.69) is 11.4 Å². The number of aliphatic carboxylic acids is 1. The van der Waals surface area contributed by atoms with Crippen LogP contribution in [0.5, 0.6) is 0 Å². The molecule has 0 aromatic rings. The van der Waals surface area contributed by atoms with Gasteiger partial charge in [-0.05, 0) is 0 Å². The summed E-state index contributed by atoms with van der Waals surface area (Å²) in [6.07, 6.45) is 1.04. The number of hydrogen-bond acceptors (Lipinski definition) is 2. The van der Waals surface area contributed by atoms with Gasteiger partial charge in [0.05, 0.1) is 0 Å². The van der Waals surface area contributed by atoms with Crippen LogP contribution in [0.25, 0.3) is 0 Å². The van der Waals surface area contributed by atoms with Crippen LogP contribution in [0.2, 0.25) is 16.6 Å². The topological polar surface area (TPSA) is 37.3 Å². The van der Waals surface area contributed by atoms with Crippen LogP contribution in [-0.4, -0.2) is 23.0 Å². The van der Waals surface area contributed by atoms with E-state index < -0.39 is 17.8 Å². The standard InChI is InChI=1S/C6H13AsO2S/c1-7(2,10)5-3-4-6(8)9/h3-5H2,1-2H3,(H,8,9). The third-order valence-corrected chi connectivity index (χ3v) is 4.96. The molecule has 1 N–H and O–H groups in total. The molecule has 10 heavy (non-hydrogen) atoms. The molecule has 0 spiro atoms. The van der Waals surface area contributed by atoms with Gasteiger partial charge in [-0.25, -0.2) is 0 Å². The molecule has 0 atom stereocenters. The second kappa shape index (κ2) is 4.19. The van der Waals surface area contributed by atoms with E-state index >= 15 is 0 Å². The molecule has 0 aliphatic rings. The summed E-state index contributed by atoms with van der Waals surface area (Å²) in [6, 6.07) is 0. The van der Waals surface area contributed by atoms with Crippen molar-refractivity contribution in [2.24, 2.45) is 0 Å². The third-order valence-electron chi connectivity index (χ3n) is 1.09. The minimum absolute atomic E-state index is 0.279. The normalized spacial score (nSPS) is 11.4. The average molecular weight is 224 g/mol. The molecule has 60 valence electrons. The first-order valence-electron chi connectivity index (χ1n) is 3.17. The molecule has 0 aromatic carbocycles. The van der Waals surface area contributed by atoms with E-state index in [1.807, 2.05) is 0 Å². The van der Waals surface area contributed by atoms with Crippen LogP contribution in [0.4, 0.5) is 0 Å². The molecular weight excluding hydrogens is 211 g/mol. The Bertz CT molecular complexity index is 161. The summed E-state index contributed by atoms with van der Waals surface area (Å²) in [5.41, 5.74) is 4.21. The van der Waals surface area contributed by atoms with E-state index in [9.17, 15) is 4.79 Å². The fraction of sp³-hybridized carbons (Fsp3) is 0.833. The number of rotatable bonds is 4. The zero-order chi connectivity index (χ0) is 8.20. The van der Waals surface area contributed by atoms with Gasteiger partial charge in [0.15, 0.2) is 0 Å². The molecule has 0 unspecified atom stereocenters. The molecule has 4 heteroatoms. The van der Waals surface area contributed by atoms with Crippen molar-refractivity contribution in [1.82, 2.24) is 0 Å². The van der Waals surface area contributed by atoms with E-state index in [0.717, 1.165) is 11.6 Å². The maximum atomic E-state index is 10.1. The Hall–Kier alpha value is 0.248. The summed E-state index contributed by atoms with van der Waals surface area (Å²) >= 11 is -1.70. The second-order valence-electron chi connectivity index (χ2n) is 2.79. The third kappa shape index (κ3) is 8.25. The first-order valence-corrected chi connectivity index (χ1v) is 10.9. The Morgan fingerprint density at radius 2 is 2.10 bits per heavy atom. The Balaban J connectivity index is 3.39. The Morgan fingerprint density at radius 1 is 1.60 bits per heavy atom. The summed E-state index contributed by atoms with van der Waals surface area (Å²) in [4.78, 5) is 10.1. The molecule has 0 radical (unpaired) electrons. The molecule has 0 aliphatic carbocycles. The van der Waals surface area contributed by atoms with Crippen molar-refractivity contribution >= 4 is 28.2 Å². The molecule has 0 rings (SSSR count). The molecule has 0 bridgehead atoms. The van der Waals surface area contributed by atoms with E-state index in [1.165, 1.54) is 0 Å². The van der Waals surface area contributed by atoms with Crippen LogP contribution < -0.4 is 0 Å². The molecule has 0 aromatic heterocycles. The predicted molar refractivity (Wildman–Crippen MR) is 46.7 cm³/mol. The molecule has 2 nitrogen and oxygen atoms in total. The SMILES string of the molecule is C[As](C)(=S)CCCC(=O)O. The van der Waals surface area contributed by atoms with E-state index in [1.54, 1.807) is 0 Å². The number of carbonyl (C=O) groups is 1. The molecule has 0 aliphatic heterocycles. The molecule has 0 saturated heterocycles. The zero-order valence-electron chi connectivity index (χ0n) is 6.33. The van der Waals surface area contributed by atoms with Crippen LogP contribution in [0.3, 0.4) is 0 Å². The van der Waals surface area contributed by atoms with Crippen molar-refractivity contribution in [2.75, 3.05) is 0 Å². The van der Waals surface area contributed by atoms with Gasteiger partial charge in [-0.2, -0.15) is 0 Å². The Kier molecular flexibility index (Phi) is 4.30. The number of hydrogen-bond donors (Lipinski definition) is 1. The van der Waals surface area contributed by atoms with Crippen molar-refractivity contribution in [1.29, 1.82) is 0 Å². The summed E-state index contributed by atoms with van der Waals surface area (Å²) < 4.78 is 0. The monoisotopic (exact) mass is 224 g/mol. The first kappa shape index (κ1) is 10.2. The van der Waals surface area contributed by atoms with E-state index in [-0.39, 0.29) is 6.42 Å². The molecule has 0 saturated carbocycles. The fourth-order valence-corrected chi connectivity index (χ4v) is 3.21. The van der Waals surface area contributed by atoms with Crippen molar-refractivity contribution in [2.45, 2.75) is 29.5 Å². The van der Waals surface area contributed by atoms with Crippen molar-refractivity contribution in [3.63, 3.8) is 0 Å². The maximum absolute atomic E-state index is 10.1. The van der Waals surface area contributed by atoms with Crippen LogP contribution in [-0.2, 0) is 4.79 Å². The van der Waals surface area contributed by atoms with Crippen LogP contribution in [0.15, 0.2) is 0 Å². The number of carboxylic acid groups (broad SMARTS) is 1. The molecule has 0 amide bonds. The number of carboxylic acids is 1. The van der Waals surface area contributed by atoms with Crippen LogP contribution >= 0.6 is 10.4 Å². The Labute approximate surface area is 67.8 Å². The average Bonchev–Trinajstić information content (AvgIpc) is 1.59. The van der Waals surface area contributed by atoms with Gasteiger partial charge in [0.2, 0.25) is 0 Å². The van der Waals surface area contributed by atoms with Gasteiger partial charge in [-0.15, -0.1) is 0 Å². The Morgan fingerprint density at radius 3 is 2.40 bits per heavy atom. The van der Waals surface area contributed by atoms with Gasteiger partial charge in [0.25, 0.3) is 0 Å². The van der Waals surface area contributed by atoms with Crippen molar-refractivity contribution < 1.29 is 9.90 Å². The predicted octanol–water partition coefficient (Wildman–Crippen LogP) is 2.25. The van der Waals surface area contributed by atoms with Gasteiger partial charge in [-0.1, -0.05) is 0 Å². The summed E-state index contributed by atoms with van der Waals surface area (Å²) in [5, 5.41) is 9.27. The van der Waals surface area contributed by atoms with E-state index in [4.69, 9.17) is 15.5 Å². The van der Waals surface area contributed by atoms with Gasteiger partial charge >= 0.3 is 67.6 Å². The van der Waals surface area contributed by atoms with Crippen LogP contribution in [0.1, 0.15) is 12.8 Å². The zero-order valence-corrected chi connectivity index (χ0v) is 9.03. The molecule has 0 heterocycles. The summed E-state index contributed by atoms with van der Waals surface area (Å²) in [7, 11) is 5.22.